The lowest BCUT2D eigenvalue weighted by Crippen LogP contribution is -2.30. The van der Waals surface area contributed by atoms with Crippen LogP contribution in [0, 0.1) is 0 Å². The van der Waals surface area contributed by atoms with Crippen molar-refractivity contribution in [1.82, 2.24) is 0 Å². The van der Waals surface area contributed by atoms with Crippen LogP contribution in [0.3, 0.4) is 0 Å². The van der Waals surface area contributed by atoms with Gasteiger partial charge in [0.1, 0.15) is 0 Å². The van der Waals surface area contributed by atoms with Gasteiger partial charge in [-0.3, -0.25) is 14.4 Å². The van der Waals surface area contributed by atoms with E-state index in [1.807, 2.05) is 6.07 Å². The first kappa shape index (κ1) is 19.4. The molecule has 1 saturated heterocycles. The van der Waals surface area contributed by atoms with E-state index in [0.29, 0.717) is 11.4 Å². The summed E-state index contributed by atoms with van der Waals surface area (Å²) >= 11 is 1.29. The van der Waals surface area contributed by atoms with Crippen molar-refractivity contribution in [1.29, 1.82) is 0 Å². The summed E-state index contributed by atoms with van der Waals surface area (Å²) in [5.74, 6) is -2.25. The molecule has 3 rings (SSSR count). The molecule has 0 aliphatic carbocycles. The molecule has 0 bridgehead atoms. The molecule has 0 saturated carbocycles. The molecule has 7 nitrogen and oxygen atoms in total. The number of imide groups is 1. The predicted molar refractivity (Wildman–Crippen MR) is 105 cm³/mol. The maximum Gasteiger partial charge on any atom is 0.328 e. The van der Waals surface area contributed by atoms with Crippen LogP contribution in [0.2, 0.25) is 0 Å². The number of nitrogens with zero attached hydrogens (tertiary/aromatic N) is 1. The molecule has 8 heteroatoms. The van der Waals surface area contributed by atoms with E-state index in [1.54, 1.807) is 48.5 Å². The van der Waals surface area contributed by atoms with Gasteiger partial charge in [-0.15, -0.1) is 11.8 Å². The number of carboxylic acid groups (broad SMARTS) is 1. The second-order valence-electron chi connectivity index (χ2n) is 5.90. The normalized spacial score (nSPS) is 16.6. The van der Waals surface area contributed by atoms with E-state index in [0.717, 1.165) is 17.0 Å². The summed E-state index contributed by atoms with van der Waals surface area (Å²) in [6.45, 7) is 0. The Balaban J connectivity index is 1.63. The molecule has 1 aliphatic heterocycles. The zero-order chi connectivity index (χ0) is 20.1. The molecular weight excluding hydrogens is 380 g/mol. The highest BCUT2D eigenvalue weighted by atomic mass is 32.2. The van der Waals surface area contributed by atoms with Crippen molar-refractivity contribution in [2.24, 2.45) is 0 Å². The fraction of sp³-hybridized carbons (Fsp3) is 0.100. The number of amides is 3. The Morgan fingerprint density at radius 3 is 2.36 bits per heavy atom. The van der Waals surface area contributed by atoms with Gasteiger partial charge in [0.2, 0.25) is 17.7 Å². The molecular formula is C20H16N2O5S. The number of hydrogen-bond donors (Lipinski definition) is 2. The minimum atomic E-state index is -1.21. The fourth-order valence-electron chi connectivity index (χ4n) is 2.66. The van der Waals surface area contributed by atoms with E-state index in [4.69, 9.17) is 5.11 Å². The van der Waals surface area contributed by atoms with Gasteiger partial charge < -0.3 is 10.4 Å². The van der Waals surface area contributed by atoms with Gasteiger partial charge in [0.15, 0.2) is 0 Å². The van der Waals surface area contributed by atoms with Crippen LogP contribution in [0.4, 0.5) is 11.4 Å². The predicted octanol–water partition coefficient (Wildman–Crippen LogP) is 2.69. The Morgan fingerprint density at radius 2 is 1.71 bits per heavy atom. The third-order valence-electron chi connectivity index (χ3n) is 3.90. The first-order valence-electron chi connectivity index (χ1n) is 8.34. The van der Waals surface area contributed by atoms with E-state index >= 15 is 0 Å². The van der Waals surface area contributed by atoms with Crippen LogP contribution in [0.25, 0.3) is 0 Å². The van der Waals surface area contributed by atoms with Gasteiger partial charge in [0.25, 0.3) is 0 Å². The summed E-state index contributed by atoms with van der Waals surface area (Å²) in [6.07, 6.45) is 1.80. The van der Waals surface area contributed by atoms with Crippen LogP contribution in [0.5, 0.6) is 0 Å². The number of rotatable bonds is 6. The van der Waals surface area contributed by atoms with Gasteiger partial charge in [-0.1, -0.05) is 18.2 Å². The average Bonchev–Trinajstić information content (AvgIpc) is 2.95. The zero-order valence-corrected chi connectivity index (χ0v) is 15.4. The topological polar surface area (TPSA) is 104 Å². The highest BCUT2D eigenvalue weighted by Gasteiger charge is 2.39. The third-order valence-corrected chi connectivity index (χ3v) is 5.09. The number of carbonyl (C=O) groups is 4. The van der Waals surface area contributed by atoms with Crippen LogP contribution in [0.1, 0.15) is 6.42 Å². The van der Waals surface area contributed by atoms with Crippen LogP contribution in [-0.2, 0) is 19.2 Å². The summed E-state index contributed by atoms with van der Waals surface area (Å²) in [5.41, 5.74) is 1.05. The maximum absolute atomic E-state index is 12.6. The Hall–Kier alpha value is -3.39. The van der Waals surface area contributed by atoms with Gasteiger partial charge in [0.05, 0.1) is 10.9 Å². The van der Waals surface area contributed by atoms with Crippen molar-refractivity contribution < 1.29 is 24.3 Å². The molecule has 142 valence electrons. The minimum absolute atomic E-state index is 0.122. The Labute approximate surface area is 165 Å². The van der Waals surface area contributed by atoms with Gasteiger partial charge in [-0.2, -0.15) is 0 Å². The monoisotopic (exact) mass is 396 g/mol. The standard InChI is InChI=1S/C20H16N2O5S/c23-17(10-11-19(25)26)21-13-6-8-15(9-7-13)28-16-12-18(24)22(20(16)27)14-4-2-1-3-5-14/h1-11,16H,12H2,(H,21,23)(H,25,26)/b11-10+/t16-/m0/s1. The molecule has 0 spiro atoms. The minimum Gasteiger partial charge on any atom is -0.478 e. The van der Waals surface area contributed by atoms with Gasteiger partial charge >= 0.3 is 5.97 Å². The largest absolute Gasteiger partial charge is 0.478 e. The number of anilines is 2. The first-order valence-corrected chi connectivity index (χ1v) is 9.22. The number of thioether (sulfide) groups is 1. The smallest absolute Gasteiger partial charge is 0.328 e. The Morgan fingerprint density at radius 1 is 1.04 bits per heavy atom. The summed E-state index contributed by atoms with van der Waals surface area (Å²) in [4.78, 5) is 48.9. The molecule has 0 unspecified atom stereocenters. The number of aliphatic carboxylic acids is 1. The van der Waals surface area contributed by atoms with Crippen molar-refractivity contribution in [3.05, 3.63) is 66.7 Å². The van der Waals surface area contributed by atoms with E-state index in [-0.39, 0.29) is 18.2 Å². The van der Waals surface area contributed by atoms with Crippen molar-refractivity contribution in [3.63, 3.8) is 0 Å². The van der Waals surface area contributed by atoms with Crippen molar-refractivity contribution in [2.75, 3.05) is 10.2 Å². The zero-order valence-electron chi connectivity index (χ0n) is 14.6. The number of carbonyl (C=O) groups excluding carboxylic acids is 3. The molecule has 1 aliphatic rings. The molecule has 0 aromatic heterocycles. The second-order valence-corrected chi connectivity index (χ2v) is 7.17. The lowest BCUT2D eigenvalue weighted by Gasteiger charge is -2.14. The molecule has 1 atom stereocenters. The second kappa shape index (κ2) is 8.53. The van der Waals surface area contributed by atoms with Crippen LogP contribution >= 0.6 is 11.8 Å². The van der Waals surface area contributed by atoms with Gasteiger partial charge in [-0.05, 0) is 36.4 Å². The third kappa shape index (κ3) is 4.66. The van der Waals surface area contributed by atoms with Gasteiger partial charge in [0, 0.05) is 29.2 Å². The first-order chi connectivity index (χ1) is 13.4. The van der Waals surface area contributed by atoms with E-state index in [2.05, 4.69) is 5.32 Å². The Kier molecular flexibility index (Phi) is 5.90. The molecule has 0 radical (unpaired) electrons. The summed E-state index contributed by atoms with van der Waals surface area (Å²) in [7, 11) is 0. The number of carboxylic acids is 1. The quantitative estimate of drug-likeness (QED) is 0.575. The average molecular weight is 396 g/mol. The summed E-state index contributed by atoms with van der Waals surface area (Å²) < 4.78 is 0. The van der Waals surface area contributed by atoms with Crippen molar-refractivity contribution in [3.8, 4) is 0 Å². The van der Waals surface area contributed by atoms with Crippen LogP contribution < -0.4 is 10.2 Å². The molecule has 3 amide bonds. The Bertz CT molecular complexity index is 941. The number of para-hydroxylation sites is 1. The molecule has 1 heterocycles. The lowest BCUT2D eigenvalue weighted by atomic mass is 10.3. The molecule has 2 N–H and O–H groups in total. The molecule has 2 aromatic carbocycles. The number of benzene rings is 2. The SMILES string of the molecule is O=C(O)/C=C/C(=O)Nc1ccc(S[C@H]2CC(=O)N(c3ccccc3)C2=O)cc1. The van der Waals surface area contributed by atoms with Crippen LogP contribution in [-0.4, -0.2) is 34.0 Å². The molecule has 1 fully saturated rings. The summed E-state index contributed by atoms with van der Waals surface area (Å²) in [5, 5.41) is 10.5. The molecule has 2 aromatic rings. The number of hydrogen-bond acceptors (Lipinski definition) is 5. The summed E-state index contributed by atoms with van der Waals surface area (Å²) in [6, 6.07) is 15.5. The highest BCUT2D eigenvalue weighted by Crippen LogP contribution is 2.34. The van der Waals surface area contributed by atoms with Crippen molar-refractivity contribution >= 4 is 46.8 Å². The lowest BCUT2D eigenvalue weighted by molar-refractivity contribution is -0.131. The molecule has 28 heavy (non-hydrogen) atoms. The van der Waals surface area contributed by atoms with Crippen molar-refractivity contribution in [2.45, 2.75) is 16.6 Å². The van der Waals surface area contributed by atoms with Crippen LogP contribution in [0.15, 0.2) is 71.6 Å². The fourth-order valence-corrected chi connectivity index (χ4v) is 3.71. The van der Waals surface area contributed by atoms with E-state index < -0.39 is 17.1 Å². The maximum atomic E-state index is 12.6. The number of nitrogens with one attached hydrogen (secondary N) is 1. The van der Waals surface area contributed by atoms with E-state index in [1.165, 1.54) is 16.7 Å². The highest BCUT2D eigenvalue weighted by molar-refractivity contribution is 8.00. The van der Waals surface area contributed by atoms with E-state index in [9.17, 15) is 19.2 Å². The van der Waals surface area contributed by atoms with Gasteiger partial charge in [-0.25, -0.2) is 9.69 Å².